The molecule has 0 saturated carbocycles. The maximum absolute atomic E-state index is 9.59. The molecule has 39 heavy (non-hydrogen) atoms. The molecule has 0 bridgehead atoms. The predicted molar refractivity (Wildman–Crippen MR) is 165 cm³/mol. The van der Waals surface area contributed by atoms with Crippen molar-refractivity contribution < 1.29 is 5.11 Å². The van der Waals surface area contributed by atoms with E-state index in [1.165, 1.54) is 32.3 Å². The van der Waals surface area contributed by atoms with E-state index < -0.39 is 0 Å². The molecular weight excluding hydrogens is 474 g/mol. The molecule has 0 unspecified atom stereocenters. The zero-order valence-corrected chi connectivity index (χ0v) is 21.5. The van der Waals surface area contributed by atoms with Crippen molar-refractivity contribution in [2.24, 2.45) is 0 Å². The minimum absolute atomic E-state index is 0.0397. The molecule has 0 fully saturated rings. The molecule has 1 N–H and O–H groups in total. The van der Waals surface area contributed by atoms with Gasteiger partial charge >= 0.3 is 0 Å². The van der Waals surface area contributed by atoms with Gasteiger partial charge in [-0.15, -0.1) is 0 Å². The van der Waals surface area contributed by atoms with E-state index in [2.05, 4.69) is 132 Å². The summed E-state index contributed by atoms with van der Waals surface area (Å²) in [5, 5.41) is 17.0. The molecule has 186 valence electrons. The maximum Gasteiger partial charge on any atom is 0.0682 e. The van der Waals surface area contributed by atoms with Crippen LogP contribution in [-0.4, -0.2) is 5.11 Å². The number of aliphatic hydroxyl groups is 1. The fourth-order valence-electron chi connectivity index (χ4n) is 5.55. The van der Waals surface area contributed by atoms with Crippen molar-refractivity contribution >= 4 is 49.4 Å². The molecule has 0 aliphatic rings. The van der Waals surface area contributed by atoms with Crippen LogP contribution in [0.2, 0.25) is 0 Å². The zero-order chi connectivity index (χ0) is 26.2. The number of nitrogens with zero attached hydrogens (tertiary/aromatic N) is 1. The van der Waals surface area contributed by atoms with Crippen LogP contribution in [0.3, 0.4) is 0 Å². The van der Waals surface area contributed by atoms with Gasteiger partial charge in [0.1, 0.15) is 0 Å². The predicted octanol–water partition coefficient (Wildman–Crippen LogP) is 9.78. The first-order chi connectivity index (χ1) is 19.3. The van der Waals surface area contributed by atoms with Gasteiger partial charge in [-0.25, -0.2) is 0 Å². The van der Waals surface area contributed by atoms with Crippen LogP contribution < -0.4 is 4.90 Å². The summed E-state index contributed by atoms with van der Waals surface area (Å²) in [6, 6.07) is 51.7. The molecule has 0 heterocycles. The molecule has 0 radical (unpaired) electrons. The second kappa shape index (κ2) is 9.75. The smallest absolute Gasteiger partial charge is 0.0682 e. The first kappa shape index (κ1) is 23.2. The molecule has 0 saturated heterocycles. The lowest BCUT2D eigenvalue weighted by molar-refractivity contribution is 0.282. The Balaban J connectivity index is 1.40. The van der Waals surface area contributed by atoms with Gasteiger partial charge in [-0.1, -0.05) is 97.1 Å². The Morgan fingerprint density at radius 3 is 1.87 bits per heavy atom. The monoisotopic (exact) mass is 501 g/mol. The normalized spacial score (nSPS) is 11.3. The fraction of sp³-hybridized carbons (Fsp3) is 0.0270. The average molecular weight is 502 g/mol. The topological polar surface area (TPSA) is 23.5 Å². The van der Waals surface area contributed by atoms with Crippen LogP contribution in [0.4, 0.5) is 17.1 Å². The lowest BCUT2D eigenvalue weighted by Gasteiger charge is -2.27. The highest BCUT2D eigenvalue weighted by molar-refractivity contribution is 6.02. The molecule has 7 aromatic rings. The second-order valence-electron chi connectivity index (χ2n) is 9.97. The Morgan fingerprint density at radius 2 is 1.08 bits per heavy atom. The van der Waals surface area contributed by atoms with Crippen LogP contribution in [0.15, 0.2) is 146 Å². The summed E-state index contributed by atoms with van der Waals surface area (Å²) in [5.74, 6) is 0. The Morgan fingerprint density at radius 1 is 0.436 bits per heavy atom. The van der Waals surface area contributed by atoms with Crippen molar-refractivity contribution in [2.75, 3.05) is 4.90 Å². The first-order valence-corrected chi connectivity index (χ1v) is 13.3. The summed E-state index contributed by atoms with van der Waals surface area (Å²) in [6.45, 7) is 0.0397. The highest BCUT2D eigenvalue weighted by Gasteiger charge is 2.16. The molecule has 0 aromatic heterocycles. The summed E-state index contributed by atoms with van der Waals surface area (Å²) in [6.07, 6.45) is 0. The highest BCUT2D eigenvalue weighted by Crippen LogP contribution is 2.40. The van der Waals surface area contributed by atoms with Crippen LogP contribution in [-0.2, 0) is 6.61 Å². The lowest BCUT2D eigenvalue weighted by atomic mass is 10.0. The fourth-order valence-corrected chi connectivity index (χ4v) is 5.55. The standard InChI is InChI=1S/C37H27NO/c39-25-26-7-5-12-29(21-26)27-15-18-34(19-16-27)38(37-14-6-11-28-8-3-4-13-36(28)37)35-20-17-32-22-30-9-1-2-10-31(30)23-33(32)24-35/h1-24,39H,25H2. The van der Waals surface area contributed by atoms with Crippen LogP contribution in [0.25, 0.3) is 43.4 Å². The molecule has 0 spiro atoms. The zero-order valence-electron chi connectivity index (χ0n) is 21.5. The third kappa shape index (κ3) is 4.31. The number of aliphatic hydroxyl groups excluding tert-OH is 1. The quantitative estimate of drug-likeness (QED) is 0.237. The van der Waals surface area contributed by atoms with E-state index in [-0.39, 0.29) is 6.61 Å². The highest BCUT2D eigenvalue weighted by atomic mass is 16.3. The number of rotatable bonds is 5. The van der Waals surface area contributed by atoms with Crippen LogP contribution >= 0.6 is 0 Å². The van der Waals surface area contributed by atoms with Gasteiger partial charge < -0.3 is 10.0 Å². The van der Waals surface area contributed by atoms with Gasteiger partial charge in [0.2, 0.25) is 0 Å². The second-order valence-corrected chi connectivity index (χ2v) is 9.97. The molecule has 0 aliphatic carbocycles. The largest absolute Gasteiger partial charge is 0.392 e. The van der Waals surface area contributed by atoms with Crippen LogP contribution in [0, 0.1) is 0 Å². The molecule has 0 amide bonds. The van der Waals surface area contributed by atoms with Crippen molar-refractivity contribution in [2.45, 2.75) is 6.61 Å². The average Bonchev–Trinajstić information content (AvgIpc) is 3.00. The van der Waals surface area contributed by atoms with Gasteiger partial charge in [0.25, 0.3) is 0 Å². The molecule has 7 rings (SSSR count). The number of hydrogen-bond acceptors (Lipinski definition) is 2. The summed E-state index contributed by atoms with van der Waals surface area (Å²) in [4.78, 5) is 2.35. The first-order valence-electron chi connectivity index (χ1n) is 13.3. The van der Waals surface area contributed by atoms with E-state index in [1.807, 2.05) is 18.2 Å². The van der Waals surface area contributed by atoms with Crippen LogP contribution in [0.1, 0.15) is 5.56 Å². The van der Waals surface area contributed by atoms with E-state index >= 15 is 0 Å². The van der Waals surface area contributed by atoms with Gasteiger partial charge in [-0.3, -0.25) is 0 Å². The van der Waals surface area contributed by atoms with E-state index in [1.54, 1.807) is 0 Å². The number of benzene rings is 7. The van der Waals surface area contributed by atoms with Crippen molar-refractivity contribution in [3.05, 3.63) is 151 Å². The van der Waals surface area contributed by atoms with Gasteiger partial charge in [0.15, 0.2) is 0 Å². The van der Waals surface area contributed by atoms with E-state index in [0.717, 1.165) is 33.8 Å². The summed E-state index contributed by atoms with van der Waals surface area (Å²) in [7, 11) is 0. The number of fused-ring (bicyclic) bond motifs is 3. The molecule has 0 aliphatic heterocycles. The Bertz CT molecular complexity index is 1950. The molecule has 0 atom stereocenters. The number of hydrogen-bond donors (Lipinski definition) is 1. The van der Waals surface area contributed by atoms with Gasteiger partial charge in [-0.05, 0) is 92.2 Å². The molecule has 7 aromatic carbocycles. The summed E-state index contributed by atoms with van der Waals surface area (Å²) < 4.78 is 0. The SMILES string of the molecule is OCc1cccc(-c2ccc(N(c3ccc4cc5ccccc5cc4c3)c3cccc4ccccc34)cc2)c1. The van der Waals surface area contributed by atoms with E-state index in [0.29, 0.717) is 0 Å². The van der Waals surface area contributed by atoms with Crippen molar-refractivity contribution in [3.8, 4) is 11.1 Å². The number of anilines is 3. The van der Waals surface area contributed by atoms with Gasteiger partial charge in [0.05, 0.1) is 12.3 Å². The van der Waals surface area contributed by atoms with Gasteiger partial charge in [0, 0.05) is 16.8 Å². The summed E-state index contributed by atoms with van der Waals surface area (Å²) >= 11 is 0. The Kier molecular flexibility index (Phi) is 5.81. The van der Waals surface area contributed by atoms with Crippen molar-refractivity contribution in [1.29, 1.82) is 0 Å². The third-order valence-electron chi connectivity index (χ3n) is 7.52. The Labute approximate surface area is 228 Å². The van der Waals surface area contributed by atoms with Gasteiger partial charge in [-0.2, -0.15) is 0 Å². The summed E-state index contributed by atoms with van der Waals surface area (Å²) in [5.41, 5.74) is 6.48. The Hall–Kier alpha value is -4.92. The maximum atomic E-state index is 9.59. The third-order valence-corrected chi connectivity index (χ3v) is 7.52. The lowest BCUT2D eigenvalue weighted by Crippen LogP contribution is -2.10. The minimum atomic E-state index is 0.0397. The molecular formula is C37H27NO. The minimum Gasteiger partial charge on any atom is -0.392 e. The van der Waals surface area contributed by atoms with Crippen molar-refractivity contribution in [1.82, 2.24) is 0 Å². The van der Waals surface area contributed by atoms with E-state index in [9.17, 15) is 5.11 Å². The van der Waals surface area contributed by atoms with Crippen LogP contribution in [0.5, 0.6) is 0 Å². The van der Waals surface area contributed by atoms with Crippen molar-refractivity contribution in [3.63, 3.8) is 0 Å². The van der Waals surface area contributed by atoms with E-state index in [4.69, 9.17) is 0 Å². The molecule has 2 heteroatoms. The molecule has 2 nitrogen and oxygen atoms in total.